The highest BCUT2D eigenvalue weighted by Crippen LogP contribution is 2.39. The summed E-state index contributed by atoms with van der Waals surface area (Å²) >= 11 is 0. The van der Waals surface area contributed by atoms with Crippen molar-refractivity contribution in [2.24, 2.45) is 0 Å². The molecule has 8 aromatic carbocycles. The first-order valence-electron chi connectivity index (χ1n) is 17.9. The van der Waals surface area contributed by atoms with Crippen LogP contribution in [0.15, 0.2) is 182 Å². The molecule has 53 heavy (non-hydrogen) atoms. The lowest BCUT2D eigenvalue weighted by molar-refractivity contribution is 1.14. The summed E-state index contributed by atoms with van der Waals surface area (Å²) in [5.74, 6) is 0. The second-order valence-corrected chi connectivity index (χ2v) is 13.7. The van der Waals surface area contributed by atoms with E-state index >= 15 is 0 Å². The number of hydrogen-bond donors (Lipinski definition) is 0. The van der Waals surface area contributed by atoms with Crippen LogP contribution < -0.4 is 0 Å². The molecule has 246 valence electrons. The molecule has 4 nitrogen and oxygen atoms in total. The number of benzene rings is 8. The Morgan fingerprint density at radius 2 is 0.679 bits per heavy atom. The number of aromatic nitrogens is 3. The molecular weight excluding hydrogens is 645 g/mol. The van der Waals surface area contributed by atoms with Gasteiger partial charge in [-0.2, -0.15) is 5.26 Å². The molecule has 0 atom stereocenters. The Morgan fingerprint density at radius 1 is 0.321 bits per heavy atom. The second-order valence-electron chi connectivity index (χ2n) is 13.7. The fourth-order valence-electron chi connectivity index (χ4n) is 8.56. The smallest absolute Gasteiger partial charge is 0.101 e. The molecule has 0 fully saturated rings. The molecule has 0 spiro atoms. The summed E-state index contributed by atoms with van der Waals surface area (Å²) in [5, 5.41) is 17.2. The van der Waals surface area contributed by atoms with Gasteiger partial charge in [0.15, 0.2) is 0 Å². The largest absolute Gasteiger partial charge is 0.309 e. The highest BCUT2D eigenvalue weighted by molar-refractivity contribution is 6.13. The lowest BCUT2D eigenvalue weighted by Crippen LogP contribution is -1.97. The van der Waals surface area contributed by atoms with Gasteiger partial charge in [-0.25, -0.2) is 0 Å². The zero-order valence-electron chi connectivity index (χ0n) is 28.6. The molecular formula is C49H30N4. The third-order valence-electron chi connectivity index (χ3n) is 10.9. The van der Waals surface area contributed by atoms with E-state index in [0.717, 1.165) is 39.0 Å². The van der Waals surface area contributed by atoms with Crippen LogP contribution in [0, 0.1) is 11.3 Å². The molecule has 3 aromatic heterocycles. The van der Waals surface area contributed by atoms with Crippen LogP contribution in [0.2, 0.25) is 0 Å². The molecule has 4 heteroatoms. The third-order valence-corrected chi connectivity index (χ3v) is 10.9. The Bertz CT molecular complexity index is 3240. The monoisotopic (exact) mass is 674 g/mol. The van der Waals surface area contributed by atoms with Gasteiger partial charge in [-0.15, -0.1) is 0 Å². The lowest BCUT2D eigenvalue weighted by atomic mass is 10.0. The van der Waals surface area contributed by atoms with E-state index in [1.165, 1.54) is 54.6 Å². The standard InChI is InChI=1S/C49H30N4/c50-31-34-11-1-6-16-43(34)53-47-20-10-5-15-40(47)42-30-33(22-28-49(42)53)32-21-27-48-41(29-32)39-14-4-9-19-46(39)52(48)36-25-23-35(24-26-36)51-44-17-7-2-12-37(44)38-13-3-8-18-45(38)51/h1-30H. The maximum atomic E-state index is 9.95. The number of para-hydroxylation sites is 5. The van der Waals surface area contributed by atoms with Crippen molar-refractivity contribution in [1.82, 2.24) is 13.7 Å². The van der Waals surface area contributed by atoms with Crippen molar-refractivity contribution in [3.05, 3.63) is 188 Å². The maximum absolute atomic E-state index is 9.95. The molecule has 11 aromatic rings. The van der Waals surface area contributed by atoms with Crippen LogP contribution in [0.25, 0.3) is 93.6 Å². The van der Waals surface area contributed by atoms with Gasteiger partial charge in [-0.05, 0) is 96.1 Å². The fraction of sp³-hybridized carbons (Fsp3) is 0. The van der Waals surface area contributed by atoms with E-state index in [2.05, 4.69) is 177 Å². The van der Waals surface area contributed by atoms with Crippen LogP contribution in [0.3, 0.4) is 0 Å². The number of nitriles is 1. The normalized spacial score (nSPS) is 11.8. The second kappa shape index (κ2) is 11.3. The molecule has 0 saturated heterocycles. The van der Waals surface area contributed by atoms with Gasteiger partial charge >= 0.3 is 0 Å². The molecule has 0 aliphatic carbocycles. The topological polar surface area (TPSA) is 38.6 Å². The van der Waals surface area contributed by atoms with E-state index in [9.17, 15) is 5.26 Å². The molecule has 11 rings (SSSR count). The van der Waals surface area contributed by atoms with Crippen molar-refractivity contribution in [3.63, 3.8) is 0 Å². The van der Waals surface area contributed by atoms with Gasteiger partial charge in [0, 0.05) is 43.7 Å². The predicted octanol–water partition coefficient (Wildman–Crippen LogP) is 12.5. The van der Waals surface area contributed by atoms with Crippen LogP contribution in [-0.4, -0.2) is 13.7 Å². The first kappa shape index (κ1) is 29.4. The van der Waals surface area contributed by atoms with Crippen molar-refractivity contribution in [3.8, 4) is 34.3 Å². The maximum Gasteiger partial charge on any atom is 0.101 e. The minimum absolute atomic E-state index is 0.655. The van der Waals surface area contributed by atoms with Crippen molar-refractivity contribution in [1.29, 1.82) is 5.26 Å². The minimum Gasteiger partial charge on any atom is -0.309 e. The summed E-state index contributed by atoms with van der Waals surface area (Å²) < 4.78 is 6.97. The Kier molecular flexibility index (Phi) is 6.28. The highest BCUT2D eigenvalue weighted by atomic mass is 15.0. The summed E-state index contributed by atoms with van der Waals surface area (Å²) in [6.07, 6.45) is 0. The molecule has 0 bridgehead atoms. The number of hydrogen-bond acceptors (Lipinski definition) is 1. The predicted molar refractivity (Wildman–Crippen MR) is 220 cm³/mol. The van der Waals surface area contributed by atoms with E-state index in [0.29, 0.717) is 5.56 Å². The van der Waals surface area contributed by atoms with Crippen molar-refractivity contribution in [2.45, 2.75) is 0 Å². The minimum atomic E-state index is 0.655. The molecule has 0 radical (unpaired) electrons. The van der Waals surface area contributed by atoms with E-state index in [1.54, 1.807) is 0 Å². The van der Waals surface area contributed by atoms with Gasteiger partial charge in [0.1, 0.15) is 6.07 Å². The van der Waals surface area contributed by atoms with Crippen LogP contribution in [0.1, 0.15) is 5.56 Å². The Morgan fingerprint density at radius 3 is 1.15 bits per heavy atom. The number of nitrogens with zero attached hydrogens (tertiary/aromatic N) is 4. The summed E-state index contributed by atoms with van der Waals surface area (Å²) in [7, 11) is 0. The lowest BCUT2D eigenvalue weighted by Gasteiger charge is -2.12. The number of fused-ring (bicyclic) bond motifs is 9. The highest BCUT2D eigenvalue weighted by Gasteiger charge is 2.18. The molecule has 0 N–H and O–H groups in total. The Labute approximate surface area is 305 Å². The quantitative estimate of drug-likeness (QED) is 0.183. The third kappa shape index (κ3) is 4.29. The average Bonchev–Trinajstić information content (AvgIpc) is 3.86. The zero-order chi connectivity index (χ0) is 35.0. The van der Waals surface area contributed by atoms with Crippen molar-refractivity contribution in [2.75, 3.05) is 0 Å². The fourth-order valence-corrected chi connectivity index (χ4v) is 8.56. The van der Waals surface area contributed by atoms with Crippen molar-refractivity contribution < 1.29 is 0 Å². The van der Waals surface area contributed by atoms with Gasteiger partial charge in [0.2, 0.25) is 0 Å². The van der Waals surface area contributed by atoms with Crippen LogP contribution >= 0.6 is 0 Å². The van der Waals surface area contributed by atoms with E-state index in [4.69, 9.17) is 0 Å². The average molecular weight is 675 g/mol. The summed E-state index contributed by atoms with van der Waals surface area (Å²) in [5.41, 5.74) is 13.1. The molecule has 0 unspecified atom stereocenters. The first-order valence-corrected chi connectivity index (χ1v) is 17.9. The molecule has 3 heterocycles. The molecule has 0 amide bonds. The summed E-state index contributed by atoms with van der Waals surface area (Å²) in [4.78, 5) is 0. The number of rotatable bonds is 4. The van der Waals surface area contributed by atoms with Gasteiger partial charge in [0.05, 0.1) is 44.4 Å². The van der Waals surface area contributed by atoms with Gasteiger partial charge in [-0.1, -0.05) is 97.1 Å². The van der Waals surface area contributed by atoms with Gasteiger partial charge in [-0.3, -0.25) is 0 Å². The molecule has 0 saturated carbocycles. The van der Waals surface area contributed by atoms with Crippen LogP contribution in [-0.2, 0) is 0 Å². The Balaban J connectivity index is 1.05. The Hall–Kier alpha value is -7.35. The zero-order valence-corrected chi connectivity index (χ0v) is 28.6. The van der Waals surface area contributed by atoms with E-state index < -0.39 is 0 Å². The SMILES string of the molecule is N#Cc1ccccc1-n1c2ccccc2c2cc(-c3ccc4c(c3)c3ccccc3n4-c3ccc(-n4c5ccccc5c5ccccc54)cc3)ccc21. The van der Waals surface area contributed by atoms with E-state index in [1.807, 2.05) is 24.3 Å². The molecule has 0 aliphatic rings. The van der Waals surface area contributed by atoms with Crippen LogP contribution in [0.5, 0.6) is 0 Å². The van der Waals surface area contributed by atoms with E-state index in [-0.39, 0.29) is 0 Å². The summed E-state index contributed by atoms with van der Waals surface area (Å²) in [6, 6.07) is 67.2. The van der Waals surface area contributed by atoms with Gasteiger partial charge < -0.3 is 13.7 Å². The van der Waals surface area contributed by atoms with Crippen LogP contribution in [0.4, 0.5) is 0 Å². The van der Waals surface area contributed by atoms with Crippen molar-refractivity contribution >= 4 is 65.4 Å². The molecule has 0 aliphatic heterocycles. The first-order chi connectivity index (χ1) is 26.3. The van der Waals surface area contributed by atoms with Gasteiger partial charge in [0.25, 0.3) is 0 Å². The summed E-state index contributed by atoms with van der Waals surface area (Å²) in [6.45, 7) is 0.